The zero-order valence-corrected chi connectivity index (χ0v) is 13.2. The Balaban J connectivity index is 2.89. The number of nitrogens with one attached hydrogen (secondary N) is 2. The second kappa shape index (κ2) is 7.33. The van der Waals surface area contributed by atoms with Crippen molar-refractivity contribution in [2.45, 2.75) is 38.1 Å². The molecule has 0 aromatic heterocycles. The van der Waals surface area contributed by atoms with Crippen molar-refractivity contribution in [3.63, 3.8) is 0 Å². The molecule has 1 aromatic rings. The van der Waals surface area contributed by atoms with Gasteiger partial charge >= 0.3 is 0 Å². The van der Waals surface area contributed by atoms with E-state index in [1.54, 1.807) is 6.07 Å². The van der Waals surface area contributed by atoms with Crippen LogP contribution in [0.1, 0.15) is 37.6 Å². The fourth-order valence-corrected chi connectivity index (χ4v) is 2.89. The number of hydrogen-bond donors (Lipinski definition) is 2. The predicted octanol–water partition coefficient (Wildman–Crippen LogP) is 1.08. The summed E-state index contributed by atoms with van der Waals surface area (Å²) in [4.78, 5) is 23.0. The van der Waals surface area contributed by atoms with E-state index in [-0.39, 0.29) is 16.6 Å². The third-order valence-electron chi connectivity index (χ3n) is 2.83. The average molecular weight is 312 g/mol. The summed E-state index contributed by atoms with van der Waals surface area (Å²) in [6, 6.07) is 4.82. The molecule has 0 bridgehead atoms. The molecule has 6 nitrogen and oxygen atoms in total. The van der Waals surface area contributed by atoms with E-state index >= 15 is 0 Å². The summed E-state index contributed by atoms with van der Waals surface area (Å²) in [5.41, 5.74) is 0.306. The molecular formula is C14H20N2O4S. The van der Waals surface area contributed by atoms with Gasteiger partial charge in [0.25, 0.3) is 0 Å². The average Bonchev–Trinajstić information content (AvgIpc) is 2.44. The molecule has 7 heteroatoms. The number of Topliss-reactive ketones (excluding diaryl/α,β-unsaturated/α-hetero) is 1. The van der Waals surface area contributed by atoms with Crippen LogP contribution >= 0.6 is 0 Å². The summed E-state index contributed by atoms with van der Waals surface area (Å²) >= 11 is 0. The van der Waals surface area contributed by atoms with Crippen LogP contribution in [0.5, 0.6) is 0 Å². The number of ketones is 1. The maximum absolute atomic E-state index is 12.2. The highest BCUT2D eigenvalue weighted by Gasteiger charge is 2.22. The van der Waals surface area contributed by atoms with E-state index in [1.807, 2.05) is 6.92 Å². The van der Waals surface area contributed by atoms with Gasteiger partial charge in [0.1, 0.15) is 0 Å². The summed E-state index contributed by atoms with van der Waals surface area (Å²) in [7, 11) is -3.85. The summed E-state index contributed by atoms with van der Waals surface area (Å²) in [6.07, 6.45) is 0.770. The Hall–Kier alpha value is -1.73. The van der Waals surface area contributed by atoms with E-state index in [1.165, 1.54) is 32.0 Å². The van der Waals surface area contributed by atoms with Crippen LogP contribution in [0, 0.1) is 0 Å². The third-order valence-corrected chi connectivity index (χ3v) is 4.36. The smallest absolute Gasteiger partial charge is 0.241 e. The Labute approximate surface area is 125 Å². The summed E-state index contributed by atoms with van der Waals surface area (Å²) < 4.78 is 26.7. The van der Waals surface area contributed by atoms with Gasteiger partial charge in [-0.25, -0.2) is 8.42 Å². The number of sulfonamides is 1. The summed E-state index contributed by atoms with van der Waals surface area (Å²) in [5, 5.41) is 2.62. The fraction of sp³-hybridized carbons (Fsp3) is 0.429. The van der Waals surface area contributed by atoms with Crippen molar-refractivity contribution in [1.29, 1.82) is 0 Å². The lowest BCUT2D eigenvalue weighted by atomic mass is 10.2. The zero-order chi connectivity index (χ0) is 16.0. The molecule has 1 rings (SSSR count). The fourth-order valence-electron chi connectivity index (χ4n) is 1.64. The lowest BCUT2D eigenvalue weighted by Gasteiger charge is -2.14. The maximum Gasteiger partial charge on any atom is 0.241 e. The van der Waals surface area contributed by atoms with Crippen LogP contribution < -0.4 is 10.0 Å². The number of rotatable bonds is 7. The van der Waals surface area contributed by atoms with E-state index in [4.69, 9.17) is 0 Å². The molecule has 1 aromatic carbocycles. The van der Waals surface area contributed by atoms with E-state index < -0.39 is 16.1 Å². The Bertz CT molecular complexity index is 626. The molecule has 0 unspecified atom stereocenters. The summed E-state index contributed by atoms with van der Waals surface area (Å²) in [6.45, 7) is 5.23. The van der Waals surface area contributed by atoms with Crippen LogP contribution in [-0.4, -0.2) is 32.7 Å². The molecule has 0 aliphatic carbocycles. The van der Waals surface area contributed by atoms with E-state index in [0.717, 1.165) is 6.42 Å². The Morgan fingerprint density at radius 1 is 1.29 bits per heavy atom. The molecule has 0 saturated heterocycles. The maximum atomic E-state index is 12.2. The third kappa shape index (κ3) is 4.95. The van der Waals surface area contributed by atoms with Gasteiger partial charge in [0.2, 0.25) is 15.9 Å². The van der Waals surface area contributed by atoms with Gasteiger partial charge in [-0.2, -0.15) is 4.72 Å². The first-order valence-corrected chi connectivity index (χ1v) is 8.17. The highest BCUT2D eigenvalue weighted by atomic mass is 32.2. The van der Waals surface area contributed by atoms with Gasteiger partial charge in [0.15, 0.2) is 5.78 Å². The van der Waals surface area contributed by atoms with Crippen LogP contribution in [0.2, 0.25) is 0 Å². The van der Waals surface area contributed by atoms with E-state index in [0.29, 0.717) is 12.1 Å². The Morgan fingerprint density at radius 3 is 2.52 bits per heavy atom. The number of amides is 1. The van der Waals surface area contributed by atoms with Gasteiger partial charge in [0.05, 0.1) is 10.9 Å². The zero-order valence-electron chi connectivity index (χ0n) is 12.3. The van der Waals surface area contributed by atoms with Crippen molar-refractivity contribution in [3.8, 4) is 0 Å². The van der Waals surface area contributed by atoms with Gasteiger partial charge in [-0.15, -0.1) is 0 Å². The van der Waals surface area contributed by atoms with Gasteiger partial charge in [-0.3, -0.25) is 9.59 Å². The van der Waals surface area contributed by atoms with Crippen LogP contribution in [0.4, 0.5) is 0 Å². The molecule has 0 fully saturated rings. The van der Waals surface area contributed by atoms with Crippen molar-refractivity contribution in [2.75, 3.05) is 6.54 Å². The minimum Gasteiger partial charge on any atom is -0.355 e. The van der Waals surface area contributed by atoms with Crippen molar-refractivity contribution in [2.24, 2.45) is 0 Å². The monoisotopic (exact) mass is 312 g/mol. The first-order valence-electron chi connectivity index (χ1n) is 6.69. The molecule has 0 heterocycles. The normalized spacial score (nSPS) is 12.7. The minimum absolute atomic E-state index is 0.0367. The number of carbonyl (C=O) groups is 2. The van der Waals surface area contributed by atoms with Crippen LogP contribution in [0.15, 0.2) is 29.2 Å². The number of hydrogen-bond acceptors (Lipinski definition) is 4. The molecule has 21 heavy (non-hydrogen) atoms. The minimum atomic E-state index is -3.85. The Kier molecular flexibility index (Phi) is 6.04. The largest absolute Gasteiger partial charge is 0.355 e. The molecule has 0 saturated carbocycles. The lowest BCUT2D eigenvalue weighted by molar-refractivity contribution is -0.122. The SMILES string of the molecule is CCCNC(=O)[C@@H](C)NS(=O)(=O)c1cccc(C(C)=O)c1. The molecule has 0 aliphatic rings. The van der Waals surface area contributed by atoms with Crippen molar-refractivity contribution in [1.82, 2.24) is 10.0 Å². The lowest BCUT2D eigenvalue weighted by Crippen LogP contribution is -2.44. The molecular weight excluding hydrogens is 292 g/mol. The highest BCUT2D eigenvalue weighted by Crippen LogP contribution is 2.12. The molecule has 0 spiro atoms. The first-order chi connectivity index (χ1) is 9.77. The molecule has 1 amide bonds. The van der Waals surface area contributed by atoms with Crippen molar-refractivity contribution >= 4 is 21.7 Å². The quantitative estimate of drug-likeness (QED) is 0.737. The van der Waals surface area contributed by atoms with Crippen molar-refractivity contribution in [3.05, 3.63) is 29.8 Å². The highest BCUT2D eigenvalue weighted by molar-refractivity contribution is 7.89. The topological polar surface area (TPSA) is 92.3 Å². The number of carbonyl (C=O) groups excluding carboxylic acids is 2. The van der Waals surface area contributed by atoms with Gasteiger partial charge in [0, 0.05) is 12.1 Å². The predicted molar refractivity (Wildman–Crippen MR) is 79.5 cm³/mol. The summed E-state index contributed by atoms with van der Waals surface area (Å²) in [5.74, 6) is -0.607. The van der Waals surface area contributed by atoms with Crippen LogP contribution in [0.3, 0.4) is 0 Å². The van der Waals surface area contributed by atoms with E-state index in [9.17, 15) is 18.0 Å². The molecule has 2 N–H and O–H groups in total. The number of benzene rings is 1. The molecule has 0 aliphatic heterocycles. The standard InChI is InChI=1S/C14H20N2O4S/c1-4-8-15-14(18)10(2)16-21(19,20)13-7-5-6-12(9-13)11(3)17/h5-7,9-10,16H,4,8H2,1-3H3,(H,15,18)/t10-/m1/s1. The van der Waals surface area contributed by atoms with Crippen LogP contribution in [-0.2, 0) is 14.8 Å². The van der Waals surface area contributed by atoms with Gasteiger partial charge < -0.3 is 5.32 Å². The second-order valence-electron chi connectivity index (χ2n) is 4.72. The molecule has 116 valence electrons. The van der Waals surface area contributed by atoms with E-state index in [2.05, 4.69) is 10.0 Å². The van der Waals surface area contributed by atoms with Crippen molar-refractivity contribution < 1.29 is 18.0 Å². The van der Waals surface area contributed by atoms with Crippen LogP contribution in [0.25, 0.3) is 0 Å². The van der Waals surface area contributed by atoms with Gasteiger partial charge in [-0.05, 0) is 32.4 Å². The first kappa shape index (κ1) is 17.3. The Morgan fingerprint density at radius 2 is 1.95 bits per heavy atom. The van der Waals surface area contributed by atoms with Gasteiger partial charge in [-0.1, -0.05) is 19.1 Å². The molecule has 0 radical (unpaired) electrons. The molecule has 1 atom stereocenters. The second-order valence-corrected chi connectivity index (χ2v) is 6.43.